The van der Waals surface area contributed by atoms with E-state index in [1.807, 2.05) is 48.7 Å². The minimum Gasteiger partial charge on any atom is -0.383 e. The van der Waals surface area contributed by atoms with Crippen molar-refractivity contribution in [2.24, 2.45) is 5.92 Å². The Kier molecular flexibility index (Phi) is 5.48. The van der Waals surface area contributed by atoms with Crippen molar-refractivity contribution >= 4 is 28.4 Å². The van der Waals surface area contributed by atoms with Crippen LogP contribution in [0.1, 0.15) is 19.8 Å². The summed E-state index contributed by atoms with van der Waals surface area (Å²) >= 11 is 0. The number of aryl methyl sites for hydroxylation is 1. The van der Waals surface area contributed by atoms with Gasteiger partial charge in [0.15, 0.2) is 0 Å². The number of benzene rings is 1. The molecule has 1 aliphatic carbocycles. The second-order valence-electron chi connectivity index (χ2n) is 7.56. The van der Waals surface area contributed by atoms with Crippen LogP contribution in [0.2, 0.25) is 0 Å². The van der Waals surface area contributed by atoms with Crippen molar-refractivity contribution in [3.8, 4) is 11.1 Å². The van der Waals surface area contributed by atoms with Crippen LogP contribution >= 0.6 is 0 Å². The van der Waals surface area contributed by atoms with Crippen molar-refractivity contribution in [1.29, 1.82) is 0 Å². The summed E-state index contributed by atoms with van der Waals surface area (Å²) in [6.07, 6.45) is 12.9. The van der Waals surface area contributed by atoms with E-state index in [2.05, 4.69) is 39.4 Å². The van der Waals surface area contributed by atoms with Crippen molar-refractivity contribution in [2.45, 2.75) is 26.3 Å². The summed E-state index contributed by atoms with van der Waals surface area (Å²) in [5, 5.41) is 3.84. The van der Waals surface area contributed by atoms with Gasteiger partial charge >= 0.3 is 0 Å². The molecule has 0 radical (unpaired) electrons. The molecule has 152 valence electrons. The second kappa shape index (κ2) is 8.37. The van der Waals surface area contributed by atoms with Crippen LogP contribution in [0.3, 0.4) is 0 Å². The van der Waals surface area contributed by atoms with Crippen molar-refractivity contribution < 1.29 is 4.79 Å². The van der Waals surface area contributed by atoms with E-state index in [4.69, 9.17) is 5.73 Å². The van der Waals surface area contributed by atoms with Gasteiger partial charge in [0.2, 0.25) is 0 Å². The van der Waals surface area contributed by atoms with E-state index in [-0.39, 0.29) is 5.91 Å². The van der Waals surface area contributed by atoms with Crippen molar-refractivity contribution in [3.05, 3.63) is 73.2 Å². The molecule has 1 amide bonds. The lowest BCUT2D eigenvalue weighted by molar-refractivity contribution is -0.113. The summed E-state index contributed by atoms with van der Waals surface area (Å²) in [6, 6.07) is 7.77. The Morgan fingerprint density at radius 2 is 2.27 bits per heavy atom. The molecule has 1 aromatic carbocycles. The number of nitrogen functional groups attached to an aromatic ring is 1. The zero-order valence-corrected chi connectivity index (χ0v) is 17.0. The van der Waals surface area contributed by atoms with Gasteiger partial charge in [-0.15, -0.1) is 6.58 Å². The average molecular weight is 399 g/mol. The number of carbonyl (C=O) groups excluding carboxylic acids is 1. The van der Waals surface area contributed by atoms with Gasteiger partial charge < -0.3 is 15.6 Å². The molecule has 1 unspecified atom stereocenters. The van der Waals surface area contributed by atoms with E-state index in [1.165, 1.54) is 6.33 Å². The number of allylic oxidation sites excluding steroid dienone is 4. The highest BCUT2D eigenvalue weighted by Gasteiger charge is 2.17. The summed E-state index contributed by atoms with van der Waals surface area (Å²) in [4.78, 5) is 21.3. The molecule has 6 heteroatoms. The number of amides is 1. The Hall–Kier alpha value is -3.67. The number of aromatic nitrogens is 3. The Labute approximate surface area is 175 Å². The summed E-state index contributed by atoms with van der Waals surface area (Å²) in [5.74, 6) is 0.737. The third-order valence-electron chi connectivity index (χ3n) is 5.26. The van der Waals surface area contributed by atoms with Crippen LogP contribution in [0.4, 0.5) is 11.5 Å². The van der Waals surface area contributed by atoms with E-state index in [0.717, 1.165) is 52.8 Å². The van der Waals surface area contributed by atoms with E-state index in [1.54, 1.807) is 0 Å². The maximum absolute atomic E-state index is 12.7. The molecule has 0 spiro atoms. The smallest absolute Gasteiger partial charge is 0.251 e. The van der Waals surface area contributed by atoms with Gasteiger partial charge in [0, 0.05) is 29.6 Å². The zero-order chi connectivity index (χ0) is 21.1. The molecule has 0 saturated carbocycles. The number of nitrogens with zero attached hydrogens (tertiary/aromatic N) is 3. The summed E-state index contributed by atoms with van der Waals surface area (Å²) in [6.45, 7) is 6.66. The lowest BCUT2D eigenvalue weighted by Crippen LogP contribution is -2.17. The molecule has 0 fully saturated rings. The lowest BCUT2D eigenvalue weighted by Gasteiger charge is -2.14. The number of nitrogens with two attached hydrogens (primary N) is 1. The SMILES string of the molecule is C=CCCn1cc(-c2cccc(NC(=O)C3=CC=CC(C)C3)c2)c2c(N)ncnc21. The number of fused-ring (bicyclic) bond motifs is 1. The molecule has 2 aromatic heterocycles. The van der Waals surface area contributed by atoms with Crippen LogP contribution in [0.25, 0.3) is 22.2 Å². The van der Waals surface area contributed by atoms with Gasteiger partial charge in [-0.3, -0.25) is 4.79 Å². The Bertz CT molecular complexity index is 1170. The minimum absolute atomic E-state index is 0.0698. The fraction of sp³-hybridized carbons (Fsp3) is 0.208. The quantitative estimate of drug-likeness (QED) is 0.588. The van der Waals surface area contributed by atoms with E-state index in [0.29, 0.717) is 11.7 Å². The Balaban J connectivity index is 1.68. The third-order valence-corrected chi connectivity index (χ3v) is 5.26. The largest absolute Gasteiger partial charge is 0.383 e. The first-order valence-electron chi connectivity index (χ1n) is 10.1. The number of carbonyl (C=O) groups is 1. The first-order valence-corrected chi connectivity index (χ1v) is 10.1. The van der Waals surface area contributed by atoms with Crippen LogP contribution in [-0.4, -0.2) is 20.4 Å². The standard InChI is InChI=1S/C24H25N5O/c1-3-4-11-29-14-20(21-22(25)26-15-27-23(21)29)17-8-6-10-19(13-17)28-24(30)18-9-5-7-16(2)12-18/h3,5-10,13-16H,1,4,11-12H2,2H3,(H,28,30)(H2,25,26,27). The van der Waals surface area contributed by atoms with Crippen molar-refractivity contribution in [2.75, 3.05) is 11.1 Å². The predicted molar refractivity (Wildman–Crippen MR) is 122 cm³/mol. The van der Waals surface area contributed by atoms with Gasteiger partial charge in [-0.25, -0.2) is 9.97 Å². The van der Waals surface area contributed by atoms with Crippen LogP contribution in [0.15, 0.2) is 73.2 Å². The van der Waals surface area contributed by atoms with E-state index >= 15 is 0 Å². The molecule has 3 aromatic rings. The molecule has 30 heavy (non-hydrogen) atoms. The van der Waals surface area contributed by atoms with Crippen LogP contribution < -0.4 is 11.1 Å². The van der Waals surface area contributed by atoms with Crippen LogP contribution in [-0.2, 0) is 11.3 Å². The summed E-state index contributed by atoms with van der Waals surface area (Å²) < 4.78 is 2.07. The number of anilines is 2. The van der Waals surface area contributed by atoms with Crippen molar-refractivity contribution in [3.63, 3.8) is 0 Å². The third kappa shape index (κ3) is 3.89. The first-order chi connectivity index (χ1) is 14.6. The van der Waals surface area contributed by atoms with E-state index in [9.17, 15) is 4.79 Å². The maximum Gasteiger partial charge on any atom is 0.251 e. The topological polar surface area (TPSA) is 85.8 Å². The van der Waals surface area contributed by atoms with Crippen molar-refractivity contribution in [1.82, 2.24) is 14.5 Å². The van der Waals surface area contributed by atoms with Crippen LogP contribution in [0.5, 0.6) is 0 Å². The summed E-state index contributed by atoms with van der Waals surface area (Å²) in [7, 11) is 0. The molecule has 0 saturated heterocycles. The number of hydrogen-bond donors (Lipinski definition) is 2. The van der Waals surface area contributed by atoms with Gasteiger partial charge in [0.05, 0.1) is 5.39 Å². The number of rotatable bonds is 6. The van der Waals surface area contributed by atoms with Gasteiger partial charge in [-0.1, -0.05) is 43.4 Å². The molecule has 3 N–H and O–H groups in total. The van der Waals surface area contributed by atoms with Gasteiger partial charge in [0.1, 0.15) is 17.8 Å². The highest BCUT2D eigenvalue weighted by Crippen LogP contribution is 2.34. The fourth-order valence-electron chi connectivity index (χ4n) is 3.76. The molecule has 6 nitrogen and oxygen atoms in total. The highest BCUT2D eigenvalue weighted by molar-refractivity contribution is 6.05. The average Bonchev–Trinajstić information content (AvgIpc) is 3.12. The summed E-state index contributed by atoms with van der Waals surface area (Å²) in [5.41, 5.74) is 10.4. The first kappa shape index (κ1) is 19.6. The zero-order valence-electron chi connectivity index (χ0n) is 17.0. The molecule has 1 aliphatic rings. The lowest BCUT2D eigenvalue weighted by atomic mass is 9.95. The Morgan fingerprint density at radius 1 is 1.40 bits per heavy atom. The van der Waals surface area contributed by atoms with E-state index < -0.39 is 0 Å². The number of hydrogen-bond acceptors (Lipinski definition) is 4. The minimum atomic E-state index is -0.0698. The monoisotopic (exact) mass is 399 g/mol. The second-order valence-corrected chi connectivity index (χ2v) is 7.56. The van der Waals surface area contributed by atoms with Crippen LogP contribution in [0, 0.1) is 5.92 Å². The molecular weight excluding hydrogens is 374 g/mol. The molecule has 4 rings (SSSR count). The molecule has 1 atom stereocenters. The van der Waals surface area contributed by atoms with Gasteiger partial charge in [-0.05, 0) is 36.5 Å². The normalized spacial score (nSPS) is 15.8. The molecular formula is C24H25N5O. The molecule has 0 bridgehead atoms. The highest BCUT2D eigenvalue weighted by atomic mass is 16.1. The molecule has 0 aliphatic heterocycles. The van der Waals surface area contributed by atoms with Gasteiger partial charge in [-0.2, -0.15) is 0 Å². The predicted octanol–water partition coefficient (Wildman–Crippen LogP) is 4.72. The number of nitrogens with one attached hydrogen (secondary N) is 1. The molecule has 2 heterocycles. The maximum atomic E-state index is 12.7. The fourth-order valence-corrected chi connectivity index (χ4v) is 3.76. The Morgan fingerprint density at radius 3 is 3.07 bits per heavy atom. The van der Waals surface area contributed by atoms with Gasteiger partial charge in [0.25, 0.3) is 5.91 Å².